The third-order valence-electron chi connectivity index (χ3n) is 5.34. The maximum atomic E-state index is 13.3. The van der Waals surface area contributed by atoms with Crippen LogP contribution in [0.15, 0.2) is 48.7 Å². The third kappa shape index (κ3) is 2.60. The van der Waals surface area contributed by atoms with E-state index in [-0.39, 0.29) is 12.5 Å². The fourth-order valence-electron chi connectivity index (χ4n) is 3.85. The van der Waals surface area contributed by atoms with E-state index < -0.39 is 11.4 Å². The minimum absolute atomic E-state index is 0.147. The number of carboxylic acids is 1. The van der Waals surface area contributed by atoms with E-state index in [2.05, 4.69) is 4.98 Å². The molecule has 2 aromatic carbocycles. The smallest absolute Gasteiger partial charge is 0.311 e. The Kier molecular flexibility index (Phi) is 3.87. The van der Waals surface area contributed by atoms with Crippen molar-refractivity contribution in [1.82, 2.24) is 9.88 Å². The minimum atomic E-state index is -0.895. The molecule has 0 spiro atoms. The molecule has 0 bridgehead atoms. The van der Waals surface area contributed by atoms with Gasteiger partial charge in [-0.25, -0.2) is 0 Å². The van der Waals surface area contributed by atoms with Gasteiger partial charge in [0.25, 0.3) is 5.91 Å². The van der Waals surface area contributed by atoms with Gasteiger partial charge in [0, 0.05) is 24.7 Å². The topological polar surface area (TPSA) is 70.5 Å². The number of nitrogens with zero attached hydrogens (tertiary/aromatic N) is 2. The summed E-state index contributed by atoms with van der Waals surface area (Å²) in [6.45, 7) is 2.51. The molecule has 5 heteroatoms. The van der Waals surface area contributed by atoms with Crippen molar-refractivity contribution in [2.24, 2.45) is 5.41 Å². The van der Waals surface area contributed by atoms with Crippen molar-refractivity contribution in [3.05, 3.63) is 54.2 Å². The van der Waals surface area contributed by atoms with E-state index in [4.69, 9.17) is 0 Å². The summed E-state index contributed by atoms with van der Waals surface area (Å²) in [5.41, 5.74) is 0.307. The Morgan fingerprint density at radius 1 is 1.15 bits per heavy atom. The molecule has 5 nitrogen and oxygen atoms in total. The maximum absolute atomic E-state index is 13.3. The van der Waals surface area contributed by atoms with Gasteiger partial charge in [-0.1, -0.05) is 30.3 Å². The van der Waals surface area contributed by atoms with Crippen LogP contribution in [0, 0.1) is 5.41 Å². The van der Waals surface area contributed by atoms with Gasteiger partial charge in [-0.2, -0.15) is 0 Å². The van der Waals surface area contributed by atoms with E-state index in [1.165, 1.54) is 0 Å². The summed E-state index contributed by atoms with van der Waals surface area (Å²) in [4.78, 5) is 31.0. The summed E-state index contributed by atoms with van der Waals surface area (Å²) in [5, 5.41) is 12.5. The monoisotopic (exact) mass is 348 g/mol. The molecule has 1 atom stereocenters. The molecule has 1 aliphatic heterocycles. The Hall–Kier alpha value is -2.95. The fourth-order valence-corrected chi connectivity index (χ4v) is 3.85. The van der Waals surface area contributed by atoms with Crippen molar-refractivity contribution >= 4 is 33.6 Å². The SMILES string of the molecule is CC1(C(=O)O)CCCN(C(=O)c2cc3ccccc3c3cccnc23)C1. The highest BCUT2D eigenvalue weighted by atomic mass is 16.4. The van der Waals surface area contributed by atoms with Crippen molar-refractivity contribution < 1.29 is 14.7 Å². The van der Waals surface area contributed by atoms with Gasteiger partial charge in [0.1, 0.15) is 0 Å². The lowest BCUT2D eigenvalue weighted by atomic mass is 9.82. The van der Waals surface area contributed by atoms with Gasteiger partial charge in [-0.3, -0.25) is 14.6 Å². The number of piperidine rings is 1. The molecular formula is C21H20N2O3. The lowest BCUT2D eigenvalue weighted by Gasteiger charge is -2.37. The molecule has 1 fully saturated rings. The van der Waals surface area contributed by atoms with Crippen LogP contribution in [0.4, 0.5) is 0 Å². The molecule has 132 valence electrons. The van der Waals surface area contributed by atoms with Crippen LogP contribution in [0.2, 0.25) is 0 Å². The van der Waals surface area contributed by atoms with E-state index in [0.717, 1.165) is 16.2 Å². The summed E-state index contributed by atoms with van der Waals surface area (Å²) in [5.74, 6) is -0.997. The van der Waals surface area contributed by atoms with Gasteiger partial charge in [-0.05, 0) is 42.7 Å². The number of amides is 1. The standard InChI is InChI=1S/C21H20N2O3/c1-21(20(25)26)9-5-11-23(13-21)19(24)17-12-14-6-2-3-7-15(14)16-8-4-10-22-18(16)17/h2-4,6-8,10,12H,5,9,11,13H2,1H3,(H,25,26). The fraction of sp³-hybridized carbons (Fsp3) is 0.286. The number of rotatable bonds is 2. The second kappa shape index (κ2) is 6.09. The summed E-state index contributed by atoms with van der Waals surface area (Å²) in [7, 11) is 0. The third-order valence-corrected chi connectivity index (χ3v) is 5.34. The van der Waals surface area contributed by atoms with Crippen LogP contribution in [0.5, 0.6) is 0 Å². The Labute approximate surface area is 151 Å². The van der Waals surface area contributed by atoms with Gasteiger partial charge in [0.2, 0.25) is 0 Å². The number of hydrogen-bond donors (Lipinski definition) is 1. The quantitative estimate of drug-likeness (QED) is 0.717. The van der Waals surface area contributed by atoms with Crippen molar-refractivity contribution in [1.29, 1.82) is 0 Å². The lowest BCUT2D eigenvalue weighted by molar-refractivity contribution is -0.150. The molecule has 26 heavy (non-hydrogen) atoms. The average Bonchev–Trinajstić information content (AvgIpc) is 2.67. The predicted octanol–water partition coefficient (Wildman–Crippen LogP) is 3.71. The molecule has 1 unspecified atom stereocenters. The Morgan fingerprint density at radius 3 is 2.73 bits per heavy atom. The molecule has 0 saturated carbocycles. The van der Waals surface area contributed by atoms with Crippen LogP contribution in [0.3, 0.4) is 0 Å². The molecule has 3 aromatic rings. The number of hydrogen-bond acceptors (Lipinski definition) is 3. The number of likely N-dealkylation sites (tertiary alicyclic amines) is 1. The van der Waals surface area contributed by atoms with Gasteiger partial charge in [0.15, 0.2) is 0 Å². The lowest BCUT2D eigenvalue weighted by Crippen LogP contribution is -2.48. The summed E-state index contributed by atoms with van der Waals surface area (Å²) < 4.78 is 0. The van der Waals surface area contributed by atoms with Crippen LogP contribution in [-0.2, 0) is 4.79 Å². The molecule has 1 saturated heterocycles. The van der Waals surface area contributed by atoms with E-state index in [1.807, 2.05) is 42.5 Å². The van der Waals surface area contributed by atoms with Crippen molar-refractivity contribution in [2.75, 3.05) is 13.1 Å². The van der Waals surface area contributed by atoms with E-state index >= 15 is 0 Å². The number of carboxylic acid groups (broad SMARTS) is 1. The zero-order valence-electron chi connectivity index (χ0n) is 14.6. The van der Waals surface area contributed by atoms with Crippen LogP contribution in [-0.4, -0.2) is 40.0 Å². The molecule has 0 radical (unpaired) electrons. The first-order valence-electron chi connectivity index (χ1n) is 8.79. The molecule has 4 rings (SSSR count). The van der Waals surface area contributed by atoms with Crippen LogP contribution in [0.25, 0.3) is 21.7 Å². The predicted molar refractivity (Wildman–Crippen MR) is 100 cm³/mol. The zero-order chi connectivity index (χ0) is 18.3. The number of pyridine rings is 1. The Bertz CT molecular complexity index is 1030. The van der Waals surface area contributed by atoms with Crippen LogP contribution < -0.4 is 0 Å². The first kappa shape index (κ1) is 16.5. The van der Waals surface area contributed by atoms with Crippen molar-refractivity contribution in [3.8, 4) is 0 Å². The van der Waals surface area contributed by atoms with Gasteiger partial charge >= 0.3 is 5.97 Å². The number of fused-ring (bicyclic) bond motifs is 3. The first-order valence-corrected chi connectivity index (χ1v) is 8.79. The number of carbonyl (C=O) groups is 2. The number of aliphatic carboxylic acids is 1. The normalized spacial score (nSPS) is 20.4. The van der Waals surface area contributed by atoms with Gasteiger partial charge in [-0.15, -0.1) is 0 Å². The average molecular weight is 348 g/mol. The van der Waals surface area contributed by atoms with Crippen LogP contribution >= 0.6 is 0 Å². The Balaban J connectivity index is 1.83. The Morgan fingerprint density at radius 2 is 1.92 bits per heavy atom. The van der Waals surface area contributed by atoms with E-state index in [1.54, 1.807) is 18.0 Å². The number of benzene rings is 2. The van der Waals surface area contributed by atoms with Crippen molar-refractivity contribution in [3.63, 3.8) is 0 Å². The number of aromatic nitrogens is 1. The molecule has 1 aliphatic rings. The molecule has 1 amide bonds. The van der Waals surface area contributed by atoms with E-state index in [9.17, 15) is 14.7 Å². The second-order valence-corrected chi connectivity index (χ2v) is 7.24. The molecule has 1 aromatic heterocycles. The summed E-state index contributed by atoms with van der Waals surface area (Å²) >= 11 is 0. The summed E-state index contributed by atoms with van der Waals surface area (Å²) in [6, 6.07) is 13.6. The highest BCUT2D eigenvalue weighted by Gasteiger charge is 2.39. The van der Waals surface area contributed by atoms with Crippen molar-refractivity contribution in [2.45, 2.75) is 19.8 Å². The van der Waals surface area contributed by atoms with E-state index in [0.29, 0.717) is 30.5 Å². The number of carbonyl (C=O) groups excluding carboxylic acids is 1. The highest BCUT2D eigenvalue weighted by molar-refractivity contribution is 6.15. The molecule has 1 N–H and O–H groups in total. The summed E-state index contributed by atoms with van der Waals surface area (Å²) in [6.07, 6.45) is 2.96. The largest absolute Gasteiger partial charge is 0.481 e. The second-order valence-electron chi connectivity index (χ2n) is 7.24. The molecule has 2 heterocycles. The van der Waals surface area contributed by atoms with Gasteiger partial charge < -0.3 is 10.0 Å². The molecule has 0 aliphatic carbocycles. The molecular weight excluding hydrogens is 328 g/mol. The zero-order valence-corrected chi connectivity index (χ0v) is 14.6. The minimum Gasteiger partial charge on any atom is -0.481 e. The highest BCUT2D eigenvalue weighted by Crippen LogP contribution is 2.33. The maximum Gasteiger partial charge on any atom is 0.311 e. The van der Waals surface area contributed by atoms with Gasteiger partial charge in [0.05, 0.1) is 16.5 Å². The first-order chi connectivity index (χ1) is 12.5. The van der Waals surface area contributed by atoms with Crippen LogP contribution in [0.1, 0.15) is 30.1 Å².